The minimum Gasteiger partial charge on any atom is -0.431 e. The molecular formula is C69H126N8O13. The first-order chi connectivity index (χ1) is 41.9. The van der Waals surface area contributed by atoms with Crippen LogP contribution in [-0.2, 0) is 48.3 Å². The zero-order valence-corrected chi connectivity index (χ0v) is 60.2. The Morgan fingerprint density at radius 1 is 0.433 bits per heavy atom. The van der Waals surface area contributed by atoms with Crippen LogP contribution in [0.3, 0.4) is 0 Å². The van der Waals surface area contributed by atoms with Crippen molar-refractivity contribution < 1.29 is 63.1 Å². The molecule has 21 heteroatoms. The van der Waals surface area contributed by atoms with Crippen LogP contribution in [-0.4, -0.2) is 70.8 Å². The lowest BCUT2D eigenvalue weighted by molar-refractivity contribution is -0.259. The van der Waals surface area contributed by atoms with Crippen molar-refractivity contribution in [1.82, 2.24) is 0 Å². The highest BCUT2D eigenvalue weighted by molar-refractivity contribution is 5.75. The van der Waals surface area contributed by atoms with Gasteiger partial charge in [-0.2, -0.15) is 66.1 Å². The third-order valence-electron chi connectivity index (χ3n) is 13.6. The van der Waals surface area contributed by atoms with Gasteiger partial charge < -0.3 is 14.4 Å². The number of hydrogen-bond acceptors (Lipinski definition) is 21. The van der Waals surface area contributed by atoms with Crippen LogP contribution in [0.25, 0.3) is 0 Å². The van der Waals surface area contributed by atoms with Crippen LogP contribution in [0.1, 0.15) is 319 Å². The molecule has 4 unspecified atom stereocenters. The van der Waals surface area contributed by atoms with Gasteiger partial charge in [-0.25, -0.2) is 24.2 Å². The molecule has 1 N–H and O–H groups in total. The highest BCUT2D eigenvalue weighted by Crippen LogP contribution is 2.34. The molecule has 0 aromatic heterocycles. The van der Waals surface area contributed by atoms with Crippen molar-refractivity contribution in [2.24, 2.45) is 55.0 Å². The zero-order chi connectivity index (χ0) is 70.3. The van der Waals surface area contributed by atoms with Crippen molar-refractivity contribution in [3.05, 3.63) is 0 Å². The fourth-order valence-corrected chi connectivity index (χ4v) is 8.76. The summed E-state index contributed by atoms with van der Waals surface area (Å²) in [6.07, 6.45) is 24.9. The summed E-state index contributed by atoms with van der Waals surface area (Å²) < 4.78 is 9.90. The lowest BCUT2D eigenvalue weighted by atomic mass is 9.76. The Hall–Kier alpha value is -5.93. The van der Waals surface area contributed by atoms with Gasteiger partial charge in [0.05, 0.1) is 55.7 Å². The standard InChI is InChI=1S/C20H38O4.C18H34O6.C14H24N4.C9H18O3.C8H12N4/c1-3-5-7-9-11-13-15-17-19(21)23-24-20(22)18-16-14-12-10-8-6-4-2;1-5-9-11-15(7-3)13-21-17(19)23-24-18(20)22-14-16(8-4)12-10-6-2;1-11(2)7-13(5,9-15)17-18-14(6,10-16)8-12(3)4;1-8(2,3)6-9(4,5)7(10)12-11;1-7(2,5-9)11-12-8(3,4)6-10/h3-18H2,1-2H3;15-16H,5-14H2,1-4H3;11-12H,7-8H2,1-6H3;11H,6H2,1-5H3;1-4H3. The number of carbonyl (C=O) groups is 5. The summed E-state index contributed by atoms with van der Waals surface area (Å²) in [7, 11) is 0. The summed E-state index contributed by atoms with van der Waals surface area (Å²) >= 11 is 0. The first-order valence-electron chi connectivity index (χ1n) is 33.4. The molecule has 520 valence electrons. The first-order valence-corrected chi connectivity index (χ1v) is 33.4. The minimum atomic E-state index is -1.01. The number of nitriles is 4. The smallest absolute Gasteiger partial charge is 0.431 e. The summed E-state index contributed by atoms with van der Waals surface area (Å²) in [4.78, 5) is 78.3. The van der Waals surface area contributed by atoms with Crippen molar-refractivity contribution in [3.63, 3.8) is 0 Å². The summed E-state index contributed by atoms with van der Waals surface area (Å²) in [5.74, 6) is -0.105. The van der Waals surface area contributed by atoms with Crippen molar-refractivity contribution in [2.45, 2.75) is 341 Å². The highest BCUT2D eigenvalue weighted by atomic mass is 17.3. The molecule has 0 saturated carbocycles. The predicted molar refractivity (Wildman–Crippen MR) is 351 cm³/mol. The van der Waals surface area contributed by atoms with Crippen LogP contribution in [0, 0.1) is 79.8 Å². The first kappa shape index (κ1) is 92.8. The number of carbonyl (C=O) groups excluding carboxylic acids is 5. The summed E-state index contributed by atoms with van der Waals surface area (Å²) in [5.41, 5.74) is -3.90. The SMILES string of the molecule is CC(C)(C#N)N=NC(C)(C)C#N.CC(C)(C)CC(C)(C)C(=O)OO.CC(C)CC(C)(C#N)N=NC(C)(C#N)CC(C)C.CCCCC(CC)COC(=O)OOC(=O)OCC(CC)CCCC.CCCCCCCCCC(=O)OOC(=O)CCCCCCCCC. The van der Waals surface area contributed by atoms with E-state index in [1.807, 2.05) is 74.5 Å². The average Bonchev–Trinajstić information content (AvgIpc) is 2.36. The van der Waals surface area contributed by atoms with Gasteiger partial charge in [0.2, 0.25) is 0 Å². The maximum absolute atomic E-state index is 11.5. The lowest BCUT2D eigenvalue weighted by Crippen LogP contribution is -2.30. The van der Waals surface area contributed by atoms with Crippen LogP contribution in [0.4, 0.5) is 9.59 Å². The molecule has 0 radical (unpaired) electrons. The molecule has 0 rings (SSSR count). The van der Waals surface area contributed by atoms with Crippen molar-refractivity contribution in [2.75, 3.05) is 13.2 Å². The quantitative estimate of drug-likeness (QED) is 0.0150. The summed E-state index contributed by atoms with van der Waals surface area (Å²) in [5, 5.41) is 59.6. The molecule has 0 aliphatic rings. The molecule has 0 bridgehead atoms. The van der Waals surface area contributed by atoms with Gasteiger partial charge in [-0.1, -0.05) is 206 Å². The van der Waals surface area contributed by atoms with Gasteiger partial charge in [0.25, 0.3) is 0 Å². The Morgan fingerprint density at radius 2 is 0.744 bits per heavy atom. The number of unbranched alkanes of at least 4 members (excludes halogenated alkanes) is 14. The molecule has 90 heavy (non-hydrogen) atoms. The minimum absolute atomic E-state index is 0.0533. The second-order valence-corrected chi connectivity index (χ2v) is 27.5. The largest absolute Gasteiger partial charge is 0.550 e. The molecule has 0 aliphatic heterocycles. The van der Waals surface area contributed by atoms with Crippen LogP contribution in [0.2, 0.25) is 0 Å². The maximum atomic E-state index is 11.5. The predicted octanol–water partition coefficient (Wildman–Crippen LogP) is 20.5. The van der Waals surface area contributed by atoms with E-state index in [1.54, 1.807) is 55.4 Å². The van der Waals surface area contributed by atoms with E-state index in [1.165, 1.54) is 51.4 Å². The van der Waals surface area contributed by atoms with Crippen molar-refractivity contribution in [1.29, 1.82) is 21.0 Å². The second kappa shape index (κ2) is 54.8. The Morgan fingerprint density at radius 3 is 1.00 bits per heavy atom. The van der Waals surface area contributed by atoms with Gasteiger partial charge in [0.15, 0.2) is 22.2 Å². The Labute approximate surface area is 545 Å². The van der Waals surface area contributed by atoms with E-state index in [-0.39, 0.29) is 18.6 Å². The molecule has 0 saturated heterocycles. The van der Waals surface area contributed by atoms with E-state index in [0.717, 1.165) is 89.9 Å². The van der Waals surface area contributed by atoms with Crippen LogP contribution < -0.4 is 0 Å². The van der Waals surface area contributed by atoms with Crippen molar-refractivity contribution in [3.8, 4) is 24.3 Å². The Bertz CT molecular complexity index is 2010. The highest BCUT2D eigenvalue weighted by Gasteiger charge is 2.34. The Kier molecular flexibility index (Phi) is 56.5. The van der Waals surface area contributed by atoms with Gasteiger partial charge in [-0.15, -0.1) is 0 Å². The van der Waals surface area contributed by atoms with Gasteiger partial charge >= 0.3 is 30.2 Å². The maximum Gasteiger partial charge on any atom is 0.550 e. The van der Waals surface area contributed by atoms with Gasteiger partial charge in [-0.3, -0.25) is 0 Å². The molecule has 0 aromatic carbocycles. The average molecular weight is 1280 g/mol. The third-order valence-corrected chi connectivity index (χ3v) is 13.6. The van der Waals surface area contributed by atoms with Gasteiger partial charge in [-0.05, 0) is 129 Å². The fraction of sp³-hybridized carbons (Fsp3) is 0.870. The number of ether oxygens (including phenoxy) is 2. The van der Waals surface area contributed by atoms with E-state index >= 15 is 0 Å². The van der Waals surface area contributed by atoms with E-state index in [4.69, 9.17) is 25.3 Å². The van der Waals surface area contributed by atoms with Gasteiger partial charge in [0.1, 0.15) is 0 Å². The number of hydrogen-bond donors (Lipinski definition) is 1. The molecule has 0 aliphatic carbocycles. The Balaban J connectivity index is -0.000000344. The van der Waals surface area contributed by atoms with Crippen LogP contribution in [0.5, 0.6) is 0 Å². The fourth-order valence-electron chi connectivity index (χ4n) is 8.76. The molecule has 0 fully saturated rings. The topological polar surface area (TPSA) is 315 Å². The molecular weight excluding hydrogens is 1150 g/mol. The number of azo groups is 2. The number of nitrogens with zero attached hydrogens (tertiary/aromatic N) is 8. The summed E-state index contributed by atoms with van der Waals surface area (Å²) in [6, 6.07) is 8.32. The second-order valence-electron chi connectivity index (χ2n) is 27.5. The summed E-state index contributed by atoms with van der Waals surface area (Å²) in [6.45, 7) is 41.2. The van der Waals surface area contributed by atoms with E-state index < -0.39 is 57.8 Å². The zero-order valence-electron chi connectivity index (χ0n) is 60.2. The third kappa shape index (κ3) is 61.0. The monoisotopic (exact) mass is 1270 g/mol. The van der Waals surface area contributed by atoms with E-state index in [9.17, 15) is 34.5 Å². The molecule has 0 amide bonds. The molecule has 0 heterocycles. The molecule has 21 nitrogen and oxygen atoms in total. The van der Waals surface area contributed by atoms with E-state index in [0.29, 0.717) is 55.8 Å². The molecule has 0 spiro atoms. The lowest BCUT2D eigenvalue weighted by Gasteiger charge is -2.28. The number of rotatable bonds is 38. The van der Waals surface area contributed by atoms with Gasteiger partial charge in [0, 0.05) is 0 Å². The van der Waals surface area contributed by atoms with Crippen LogP contribution in [0.15, 0.2) is 20.5 Å². The van der Waals surface area contributed by atoms with E-state index in [2.05, 4.69) is 84.7 Å². The van der Waals surface area contributed by atoms with Crippen molar-refractivity contribution >= 4 is 30.2 Å². The molecule has 4 atom stereocenters. The molecule has 0 aromatic rings. The van der Waals surface area contributed by atoms with Crippen LogP contribution >= 0.6 is 0 Å². The normalized spacial score (nSPS) is 13.3.